The maximum Gasteiger partial charge on any atom is 0.243 e. The maximum absolute atomic E-state index is 13.7. The molecule has 0 saturated heterocycles. The van der Waals surface area contributed by atoms with Crippen LogP contribution in [0.2, 0.25) is 0 Å². The van der Waals surface area contributed by atoms with E-state index >= 15 is 0 Å². The molecule has 0 N–H and O–H groups in total. The van der Waals surface area contributed by atoms with Crippen LogP contribution in [0.3, 0.4) is 0 Å². The number of sulfonamides is 1. The Morgan fingerprint density at radius 3 is 2.59 bits per heavy atom. The van der Waals surface area contributed by atoms with Crippen LogP contribution in [-0.2, 0) is 26.0 Å². The van der Waals surface area contributed by atoms with E-state index in [0.29, 0.717) is 19.6 Å². The molecule has 34 heavy (non-hydrogen) atoms. The average Bonchev–Trinajstić information content (AvgIpc) is 3.32. The number of hydrogen-bond donors (Lipinski definition) is 0. The first kappa shape index (κ1) is 25.1. The highest BCUT2D eigenvalue weighted by Crippen LogP contribution is 2.38. The van der Waals surface area contributed by atoms with E-state index in [1.807, 2.05) is 35.2 Å². The quantitative estimate of drug-likeness (QED) is 0.354. The van der Waals surface area contributed by atoms with E-state index < -0.39 is 10.0 Å². The fourth-order valence-corrected chi connectivity index (χ4v) is 6.84. The van der Waals surface area contributed by atoms with Gasteiger partial charge >= 0.3 is 0 Å². The number of fused-ring (bicyclic) bond motifs is 1. The third kappa shape index (κ3) is 5.44. The highest BCUT2D eigenvalue weighted by atomic mass is 79.9. The average molecular weight is 564 g/mol. The Labute approximate surface area is 213 Å². The van der Waals surface area contributed by atoms with Crippen LogP contribution in [0.5, 0.6) is 0 Å². The molecule has 0 bridgehead atoms. The topological polar surface area (TPSA) is 66.9 Å². The third-order valence-electron chi connectivity index (χ3n) is 5.92. The van der Waals surface area contributed by atoms with Crippen molar-refractivity contribution in [3.05, 3.63) is 86.5 Å². The molecule has 1 unspecified atom stereocenters. The summed E-state index contributed by atoms with van der Waals surface area (Å²) in [5, 5.41) is 2.06. The molecule has 1 aromatic heterocycles. The Balaban J connectivity index is 1.63. The zero-order valence-corrected chi connectivity index (χ0v) is 22.1. The van der Waals surface area contributed by atoms with Crippen LogP contribution < -0.4 is 0 Å². The van der Waals surface area contributed by atoms with Gasteiger partial charge in [0.2, 0.25) is 15.9 Å². The molecule has 0 saturated carbocycles. The number of thiophene rings is 1. The Morgan fingerprint density at radius 2 is 1.88 bits per heavy atom. The monoisotopic (exact) mass is 562 g/mol. The largest absolute Gasteiger partial charge is 0.385 e. The first-order valence-corrected chi connectivity index (χ1v) is 14.2. The lowest BCUT2D eigenvalue weighted by molar-refractivity contribution is -0.133. The van der Waals surface area contributed by atoms with Crippen molar-refractivity contribution in [3.8, 4) is 0 Å². The van der Waals surface area contributed by atoms with Gasteiger partial charge in [-0.25, -0.2) is 8.42 Å². The van der Waals surface area contributed by atoms with Crippen molar-refractivity contribution in [1.82, 2.24) is 9.21 Å². The molecule has 2 heterocycles. The number of carbonyl (C=O) groups excluding carboxylic acids is 1. The summed E-state index contributed by atoms with van der Waals surface area (Å²) >= 11 is 5.05. The van der Waals surface area contributed by atoms with Crippen LogP contribution in [0.25, 0.3) is 0 Å². The van der Waals surface area contributed by atoms with Crippen LogP contribution in [0.4, 0.5) is 0 Å². The summed E-state index contributed by atoms with van der Waals surface area (Å²) < 4.78 is 34.1. The molecule has 2 aromatic carbocycles. The van der Waals surface area contributed by atoms with E-state index in [4.69, 9.17) is 4.74 Å². The van der Waals surface area contributed by atoms with Crippen molar-refractivity contribution >= 4 is 43.2 Å². The van der Waals surface area contributed by atoms with Crippen molar-refractivity contribution < 1.29 is 17.9 Å². The van der Waals surface area contributed by atoms with Crippen molar-refractivity contribution in [3.63, 3.8) is 0 Å². The van der Waals surface area contributed by atoms with Gasteiger partial charge in [-0.2, -0.15) is 4.31 Å². The van der Waals surface area contributed by atoms with Crippen molar-refractivity contribution in [1.29, 1.82) is 0 Å². The highest BCUT2D eigenvalue weighted by molar-refractivity contribution is 9.10. The third-order valence-corrected chi connectivity index (χ3v) is 9.31. The van der Waals surface area contributed by atoms with Crippen LogP contribution in [-0.4, -0.2) is 56.9 Å². The molecule has 6 nitrogen and oxygen atoms in total. The molecule has 0 aliphatic carbocycles. The lowest BCUT2D eigenvalue weighted by Crippen LogP contribution is -2.47. The van der Waals surface area contributed by atoms with E-state index in [0.717, 1.165) is 22.0 Å². The molecule has 1 amide bonds. The zero-order chi connectivity index (χ0) is 24.1. The number of nitrogens with zero attached hydrogens (tertiary/aromatic N) is 2. The number of ether oxygens (including phenoxy) is 1. The van der Waals surface area contributed by atoms with E-state index in [2.05, 4.69) is 27.4 Å². The molecule has 9 heteroatoms. The summed E-state index contributed by atoms with van der Waals surface area (Å²) in [6.07, 6.45) is 1.27. The van der Waals surface area contributed by atoms with E-state index in [9.17, 15) is 13.2 Å². The molecule has 1 aliphatic heterocycles. The lowest BCUT2D eigenvalue weighted by atomic mass is 9.93. The van der Waals surface area contributed by atoms with Crippen molar-refractivity contribution in [2.24, 2.45) is 0 Å². The maximum atomic E-state index is 13.7. The van der Waals surface area contributed by atoms with Gasteiger partial charge < -0.3 is 9.64 Å². The summed E-state index contributed by atoms with van der Waals surface area (Å²) in [7, 11) is -2.27. The van der Waals surface area contributed by atoms with Crippen molar-refractivity contribution in [2.75, 3.05) is 33.4 Å². The van der Waals surface area contributed by atoms with Gasteiger partial charge in [0.15, 0.2) is 0 Å². The van der Waals surface area contributed by atoms with Gasteiger partial charge in [-0.15, -0.1) is 11.3 Å². The Bertz CT molecular complexity index is 1210. The first-order chi connectivity index (χ1) is 16.4. The number of benzene rings is 2. The SMILES string of the molecule is COCCCN(CC(=O)N1CCc2sccc2C1c1ccccc1)S(=O)(=O)c1ccc(Br)cc1. The predicted molar refractivity (Wildman–Crippen MR) is 137 cm³/mol. The van der Waals surface area contributed by atoms with Crippen molar-refractivity contribution in [2.45, 2.75) is 23.8 Å². The van der Waals surface area contributed by atoms with Gasteiger partial charge in [-0.1, -0.05) is 46.3 Å². The van der Waals surface area contributed by atoms with Gasteiger partial charge in [0.25, 0.3) is 0 Å². The predicted octanol–water partition coefficient (Wildman–Crippen LogP) is 4.71. The van der Waals surface area contributed by atoms with Gasteiger partial charge in [0, 0.05) is 36.2 Å². The first-order valence-electron chi connectivity index (χ1n) is 11.1. The molecule has 1 atom stereocenters. The minimum Gasteiger partial charge on any atom is -0.385 e. The van der Waals surface area contributed by atoms with Gasteiger partial charge in [0.05, 0.1) is 17.5 Å². The Kier molecular flexibility index (Phi) is 8.21. The number of carbonyl (C=O) groups is 1. The normalized spacial score (nSPS) is 16.0. The Hall–Kier alpha value is -2.04. The second kappa shape index (κ2) is 11.1. The van der Waals surface area contributed by atoms with Crippen LogP contribution in [0, 0.1) is 0 Å². The van der Waals surface area contributed by atoms with E-state index in [1.165, 1.54) is 9.18 Å². The fourth-order valence-electron chi connectivity index (χ4n) is 4.25. The van der Waals surface area contributed by atoms with Gasteiger partial charge in [0.1, 0.15) is 0 Å². The lowest BCUT2D eigenvalue weighted by Gasteiger charge is -2.37. The number of rotatable bonds is 9. The number of halogens is 1. The number of methoxy groups -OCH3 is 1. The smallest absolute Gasteiger partial charge is 0.243 e. The Morgan fingerprint density at radius 1 is 1.15 bits per heavy atom. The summed E-state index contributed by atoms with van der Waals surface area (Å²) in [5.41, 5.74) is 2.15. The van der Waals surface area contributed by atoms with Gasteiger partial charge in [-0.3, -0.25) is 4.79 Å². The standard InChI is InChI=1S/C25H27BrN2O4S2/c1-32-16-5-14-27(34(30,31)21-10-8-20(26)9-11-21)18-24(29)28-15-12-23-22(13-17-33-23)25(28)19-6-3-2-4-7-19/h2-4,6-11,13,17,25H,5,12,14-16,18H2,1H3. The number of amides is 1. The highest BCUT2D eigenvalue weighted by Gasteiger charge is 2.35. The second-order valence-corrected chi connectivity index (χ2v) is 11.9. The van der Waals surface area contributed by atoms with Crippen LogP contribution in [0.1, 0.15) is 28.5 Å². The van der Waals surface area contributed by atoms with Crippen LogP contribution in [0.15, 0.2) is 75.4 Å². The minimum atomic E-state index is -3.85. The molecule has 0 fully saturated rings. The summed E-state index contributed by atoms with van der Waals surface area (Å²) in [4.78, 5) is 16.9. The zero-order valence-electron chi connectivity index (χ0n) is 18.9. The summed E-state index contributed by atoms with van der Waals surface area (Å²) in [6.45, 7) is 0.946. The molecule has 0 radical (unpaired) electrons. The van der Waals surface area contributed by atoms with E-state index in [1.54, 1.807) is 42.7 Å². The molecule has 3 aromatic rings. The molecule has 0 spiro atoms. The van der Waals surface area contributed by atoms with E-state index in [-0.39, 0.29) is 29.9 Å². The molecule has 180 valence electrons. The summed E-state index contributed by atoms with van der Waals surface area (Å²) in [6, 6.07) is 18.3. The molecular weight excluding hydrogens is 536 g/mol. The molecule has 4 rings (SSSR count). The summed E-state index contributed by atoms with van der Waals surface area (Å²) in [5.74, 6) is -0.205. The van der Waals surface area contributed by atoms with Crippen LogP contribution >= 0.6 is 27.3 Å². The number of hydrogen-bond acceptors (Lipinski definition) is 5. The fraction of sp³-hybridized carbons (Fsp3) is 0.320. The molecular formula is C25H27BrN2O4S2. The van der Waals surface area contributed by atoms with Gasteiger partial charge in [-0.05, 0) is 59.7 Å². The second-order valence-electron chi connectivity index (χ2n) is 8.09. The minimum absolute atomic E-state index is 0.166. The molecule has 1 aliphatic rings.